The quantitative estimate of drug-likeness (QED) is 0.143. The highest BCUT2D eigenvalue weighted by molar-refractivity contribution is 6.00. The normalized spacial score (nSPS) is 27.1. The third-order valence-corrected chi connectivity index (χ3v) is 14.6. The number of nitrogens with one attached hydrogen (secondary N) is 9. The molecule has 9 rings (SSSR count). The minimum Gasteiger partial charge on any atom is -0.368 e. The van der Waals surface area contributed by atoms with Crippen LogP contribution in [-0.2, 0) is 64.0 Å². The lowest BCUT2D eigenvalue weighted by Gasteiger charge is -2.41. The van der Waals surface area contributed by atoms with Crippen LogP contribution in [0.25, 0.3) is 6.08 Å². The van der Waals surface area contributed by atoms with Crippen molar-refractivity contribution in [3.63, 3.8) is 0 Å². The number of benzene rings is 1. The van der Waals surface area contributed by atoms with Crippen LogP contribution in [0.15, 0.2) is 42.5 Å². The maximum Gasteiger partial charge on any atom is 0.246 e. The molecule has 7 aliphatic heterocycles. The Morgan fingerprint density at radius 1 is 0.632 bits per heavy atom. The smallest absolute Gasteiger partial charge is 0.246 e. The van der Waals surface area contributed by atoms with E-state index in [-0.39, 0.29) is 51.6 Å². The Bertz CT molecular complexity index is 2440. The van der Waals surface area contributed by atoms with Crippen LogP contribution in [0, 0.1) is 5.92 Å². The Hall–Kier alpha value is -7.66. The molecule has 1 aromatic carbocycles. The van der Waals surface area contributed by atoms with Gasteiger partial charge < -0.3 is 63.4 Å². The van der Waals surface area contributed by atoms with E-state index in [9.17, 15) is 57.5 Å². The van der Waals surface area contributed by atoms with E-state index in [1.54, 1.807) is 32.1 Å². The summed E-state index contributed by atoms with van der Waals surface area (Å²) in [6, 6.07) is -0.0841. The molecule has 24 heteroatoms. The number of primary amides is 1. The number of amides is 12. The van der Waals surface area contributed by atoms with E-state index in [0.717, 1.165) is 5.56 Å². The van der Waals surface area contributed by atoms with Crippen molar-refractivity contribution < 1.29 is 57.5 Å². The molecule has 76 heavy (non-hydrogen) atoms. The van der Waals surface area contributed by atoms with E-state index >= 15 is 0 Å². The first-order valence-electron chi connectivity index (χ1n) is 26.3. The van der Waals surface area contributed by atoms with Crippen molar-refractivity contribution in [2.24, 2.45) is 11.7 Å². The van der Waals surface area contributed by atoms with Crippen molar-refractivity contribution in [1.29, 1.82) is 0 Å². The number of hydrogen-bond acceptors (Lipinski definition) is 12. The van der Waals surface area contributed by atoms with Crippen molar-refractivity contribution >= 4 is 77.0 Å². The molecule has 11 N–H and O–H groups in total. The van der Waals surface area contributed by atoms with Gasteiger partial charge in [0.25, 0.3) is 0 Å². The summed E-state index contributed by atoms with van der Waals surface area (Å²) in [6.45, 7) is 1.38. The first-order valence-corrected chi connectivity index (χ1v) is 26.3. The molecule has 0 aromatic heterocycles. The highest BCUT2D eigenvalue weighted by atomic mass is 16.2. The summed E-state index contributed by atoms with van der Waals surface area (Å²) in [6.07, 6.45) is 10.8. The maximum absolute atomic E-state index is 14.5. The highest BCUT2D eigenvalue weighted by Gasteiger charge is 2.48. The van der Waals surface area contributed by atoms with Gasteiger partial charge in [0.15, 0.2) is 0 Å². The summed E-state index contributed by atoms with van der Waals surface area (Å²) < 4.78 is 0. The van der Waals surface area contributed by atoms with E-state index in [4.69, 9.17) is 5.73 Å². The topological polar surface area (TPSA) is 346 Å². The van der Waals surface area contributed by atoms with Crippen LogP contribution < -0.4 is 53.6 Å². The summed E-state index contributed by atoms with van der Waals surface area (Å²) >= 11 is 0. The molecule has 412 valence electrons. The first-order chi connectivity index (χ1) is 36.4. The SMILES string of the molecule is CC[C@H](C)C1NC(=O)C2CCCCC=Cc3ccc(cc3)CC(C(=O)NCC(=O)NCC(=O)N3CCCC3C(=O)NC3(CCC3)C(=O)NCC(=O)NC(C(N)=O)CC(=O)N2)N2CCC=CCC(NC(=O)CNC1=O)C2=O. The van der Waals surface area contributed by atoms with Gasteiger partial charge in [0.2, 0.25) is 70.9 Å². The van der Waals surface area contributed by atoms with Crippen LogP contribution in [0.2, 0.25) is 0 Å². The van der Waals surface area contributed by atoms with E-state index < -0.39 is 151 Å². The van der Waals surface area contributed by atoms with Gasteiger partial charge >= 0.3 is 0 Å². The molecule has 0 radical (unpaired) electrons. The van der Waals surface area contributed by atoms with Crippen LogP contribution in [-0.4, -0.2) is 162 Å². The largest absolute Gasteiger partial charge is 0.368 e. The van der Waals surface area contributed by atoms with Gasteiger partial charge in [-0.15, -0.1) is 0 Å². The van der Waals surface area contributed by atoms with Crippen molar-refractivity contribution in [3.05, 3.63) is 53.6 Å². The van der Waals surface area contributed by atoms with E-state index in [1.807, 2.05) is 30.4 Å². The van der Waals surface area contributed by atoms with Crippen LogP contribution in [0.4, 0.5) is 0 Å². The Kier molecular flexibility index (Phi) is 20.6. The predicted molar refractivity (Wildman–Crippen MR) is 274 cm³/mol. The maximum atomic E-state index is 14.5. The summed E-state index contributed by atoms with van der Waals surface area (Å²) in [5.41, 5.74) is 5.70. The second-order valence-corrected chi connectivity index (χ2v) is 20.1. The third-order valence-electron chi connectivity index (χ3n) is 14.6. The fourth-order valence-corrected chi connectivity index (χ4v) is 9.77. The number of carbonyl (C=O) groups is 12. The van der Waals surface area contributed by atoms with Crippen molar-refractivity contribution in [2.45, 2.75) is 146 Å². The van der Waals surface area contributed by atoms with Gasteiger partial charge in [0.1, 0.15) is 41.8 Å². The fourth-order valence-electron chi connectivity index (χ4n) is 9.77. The highest BCUT2D eigenvalue weighted by Crippen LogP contribution is 2.33. The van der Waals surface area contributed by atoms with Crippen molar-refractivity contribution in [2.75, 3.05) is 39.3 Å². The lowest BCUT2D eigenvalue weighted by atomic mass is 9.75. The number of nitrogens with two attached hydrogens (primary N) is 1. The van der Waals surface area contributed by atoms with Crippen molar-refractivity contribution in [1.82, 2.24) is 57.7 Å². The second-order valence-electron chi connectivity index (χ2n) is 20.1. The third kappa shape index (κ3) is 15.7. The monoisotopic (exact) mass is 1060 g/mol. The van der Waals surface area contributed by atoms with Crippen LogP contribution in [0.1, 0.15) is 108 Å². The molecule has 1 saturated carbocycles. The first kappa shape index (κ1) is 57.6. The number of carbonyl (C=O) groups excluding carboxylic acids is 12. The molecule has 7 heterocycles. The zero-order valence-corrected chi connectivity index (χ0v) is 43.2. The molecule has 1 aliphatic carbocycles. The van der Waals surface area contributed by atoms with Crippen LogP contribution in [0.5, 0.6) is 0 Å². The average Bonchev–Trinajstić information content (AvgIpc) is 3.89. The second kappa shape index (κ2) is 27.2. The van der Waals surface area contributed by atoms with E-state index in [2.05, 4.69) is 47.9 Å². The number of nitrogens with zero attached hydrogens (tertiary/aromatic N) is 2. The van der Waals surface area contributed by atoms with E-state index in [1.165, 1.54) is 9.80 Å². The molecule has 6 bridgehead atoms. The minimum atomic E-state index is -1.58. The molecule has 1 aromatic rings. The zero-order valence-electron chi connectivity index (χ0n) is 43.2. The molecule has 1 spiro atoms. The molecule has 8 aliphatic rings. The Morgan fingerprint density at radius 3 is 2.04 bits per heavy atom. The molecular weight excluding hydrogens is 985 g/mol. The summed E-state index contributed by atoms with van der Waals surface area (Å²) in [5, 5.41) is 23.3. The summed E-state index contributed by atoms with van der Waals surface area (Å²) in [4.78, 5) is 167. The van der Waals surface area contributed by atoms with Gasteiger partial charge in [-0.1, -0.05) is 75.3 Å². The standard InChI is InChI=1S/C52H72N12O12/c1-3-31(2)44-49(74)56-28-41(67)59-35-15-9-6-10-23-64(50(35)75)38-25-33-19-17-32(18-20-33)13-7-4-5-8-14-34(46(71)61-44)58-39(65)26-36(45(53)70)60-42(68)29-57-51(76)52(21-12-22-52)62-48(73)37-16-11-24-63(37)43(69)30-54-40(66)27-55-47(38)72/h6-7,9,13,17-20,31,34-38,44H,3-5,8,10-12,14-16,21-30H2,1-2H3,(H2,53,70)(H,54,66)(H,55,72)(H,56,74)(H,57,76)(H,58,65)(H,59,67)(H,60,68)(H,61,71)(H,62,73)/t31-,34?,35?,36?,37?,38?,44?/m0/s1. The van der Waals surface area contributed by atoms with Gasteiger partial charge in [-0.2, -0.15) is 0 Å². The van der Waals surface area contributed by atoms with Gasteiger partial charge in [-0.3, -0.25) is 57.5 Å². The Balaban J connectivity index is 1.33. The molecule has 7 atom stereocenters. The molecular formula is C52H72N12O12. The Labute approximate surface area is 441 Å². The van der Waals surface area contributed by atoms with Crippen LogP contribution >= 0.6 is 0 Å². The van der Waals surface area contributed by atoms with Gasteiger partial charge in [0.05, 0.1) is 32.6 Å². The zero-order chi connectivity index (χ0) is 54.9. The molecule has 3 fully saturated rings. The van der Waals surface area contributed by atoms with Gasteiger partial charge in [-0.25, -0.2) is 0 Å². The molecule has 24 nitrogen and oxygen atoms in total. The molecule has 6 unspecified atom stereocenters. The van der Waals surface area contributed by atoms with Gasteiger partial charge in [-0.05, 0) is 81.3 Å². The van der Waals surface area contributed by atoms with Gasteiger partial charge in [0, 0.05) is 19.5 Å². The number of hydrogen-bond donors (Lipinski definition) is 10. The average molecular weight is 1060 g/mol. The minimum absolute atomic E-state index is 0.0156. The molecule has 2 saturated heterocycles. The predicted octanol–water partition coefficient (Wildman–Crippen LogP) is -2.27. The lowest BCUT2D eigenvalue weighted by Crippen LogP contribution is -2.66. The van der Waals surface area contributed by atoms with E-state index in [0.29, 0.717) is 50.5 Å². The van der Waals surface area contributed by atoms with Crippen LogP contribution in [0.3, 0.4) is 0 Å². The summed E-state index contributed by atoms with van der Waals surface area (Å²) in [7, 11) is 0. The number of rotatable bonds is 3. The summed E-state index contributed by atoms with van der Waals surface area (Å²) in [5.74, 6) is -9.42. The lowest BCUT2D eigenvalue weighted by molar-refractivity contribution is -0.144. The van der Waals surface area contributed by atoms with Crippen molar-refractivity contribution in [3.8, 4) is 0 Å². The fraction of sp³-hybridized carbons (Fsp3) is 0.577. The molecule has 12 amide bonds. The Morgan fingerprint density at radius 2 is 1.33 bits per heavy atom. The number of allylic oxidation sites excluding steroid dienone is 1.